The van der Waals surface area contributed by atoms with Crippen molar-refractivity contribution in [1.82, 2.24) is 0 Å². The molecule has 1 aliphatic rings. The Bertz CT molecular complexity index is 546. The Morgan fingerprint density at radius 2 is 1.80 bits per heavy atom. The second-order valence-corrected chi connectivity index (χ2v) is 12.7. The van der Waals surface area contributed by atoms with Crippen LogP contribution < -0.4 is 0 Å². The van der Waals surface area contributed by atoms with Crippen LogP contribution in [0.5, 0.6) is 0 Å². The van der Waals surface area contributed by atoms with Gasteiger partial charge in [-0.1, -0.05) is 39.8 Å². The predicted molar refractivity (Wildman–Crippen MR) is 104 cm³/mol. The number of aliphatic carboxylic acids is 2. The van der Waals surface area contributed by atoms with Gasteiger partial charge in [0.05, 0.1) is 0 Å². The molecule has 1 aliphatic carbocycles. The Hall–Kier alpha value is -0.806. The number of allylic oxidation sites excluding steroid dienone is 2. The van der Waals surface area contributed by atoms with Crippen LogP contribution in [0.1, 0.15) is 41.0 Å². The van der Waals surface area contributed by atoms with Crippen LogP contribution >= 0.6 is 0 Å². The molecule has 0 amide bonds. The van der Waals surface area contributed by atoms with Gasteiger partial charge in [-0.3, -0.25) is 0 Å². The molecule has 2 unspecified atom stereocenters. The fourth-order valence-electron chi connectivity index (χ4n) is 2.07. The van der Waals surface area contributed by atoms with Crippen molar-refractivity contribution < 1.29 is 24.2 Å². The van der Waals surface area contributed by atoms with E-state index in [1.54, 1.807) is 6.92 Å². The van der Waals surface area contributed by atoms with E-state index in [0.29, 0.717) is 0 Å². The molecule has 2 N–H and O–H groups in total. The van der Waals surface area contributed by atoms with E-state index >= 15 is 0 Å². The zero-order valence-corrected chi connectivity index (χ0v) is 17.8. The molecule has 1 rings (SSSR count). The van der Waals surface area contributed by atoms with Gasteiger partial charge in [0.25, 0.3) is 0 Å². The number of carbonyl (C=O) groups is 2. The molecular weight excluding hydrogens is 331 g/mol. The van der Waals surface area contributed by atoms with E-state index in [0.717, 1.165) is 0 Å². The number of carboxylic acid groups (broad SMARTS) is 2. The molecule has 0 radical (unpaired) electrons. The third kappa shape index (κ3) is 5.85. The van der Waals surface area contributed by atoms with Gasteiger partial charge in [-0.15, -0.1) is 0 Å². The normalized spacial score (nSPS) is 23.4. The first-order valence-electron chi connectivity index (χ1n) is 8.83. The fraction of sp³-hybridized carbons (Fsp3) is 0.667. The molecule has 0 fully saturated rings. The van der Waals surface area contributed by atoms with E-state index in [9.17, 15) is 19.8 Å². The van der Waals surface area contributed by atoms with Crippen molar-refractivity contribution in [3.63, 3.8) is 0 Å². The first-order valence-corrected chi connectivity index (χ1v) is 11.7. The van der Waals surface area contributed by atoms with Crippen molar-refractivity contribution in [3.8, 4) is 0 Å². The summed E-state index contributed by atoms with van der Waals surface area (Å²) >= 11 is 2.18. The van der Waals surface area contributed by atoms with Crippen molar-refractivity contribution in [2.75, 3.05) is 0 Å². The molecule has 0 aromatic carbocycles. The van der Waals surface area contributed by atoms with Crippen molar-refractivity contribution >= 4 is 38.0 Å². The van der Waals surface area contributed by atoms with Crippen LogP contribution in [0, 0.1) is 5.92 Å². The number of rotatable bonds is 5. The van der Waals surface area contributed by atoms with Gasteiger partial charge in [0.15, 0.2) is 13.9 Å². The zero-order chi connectivity index (χ0) is 20.1. The summed E-state index contributed by atoms with van der Waals surface area (Å²) < 4.78 is 6.13. The second-order valence-electron chi connectivity index (χ2n) is 7.97. The summed E-state index contributed by atoms with van der Waals surface area (Å²) in [6.45, 7) is 13.7. The predicted octanol–water partition coefficient (Wildman–Crippen LogP) is 4.03. The Morgan fingerprint density at radius 3 is 2.12 bits per heavy atom. The van der Waals surface area contributed by atoms with Gasteiger partial charge in [-0.25, -0.2) is 9.59 Å². The minimum absolute atomic E-state index is 0.0543. The van der Waals surface area contributed by atoms with Crippen LogP contribution in [-0.4, -0.2) is 53.8 Å². The standard InChI is InChI=1S/C15H24O5Si.C3H7.Li/c1-10-11(12(16)17)8-7-9-15(10,13(18)19)20-21(5,6)14(2,3)4;1-3-2;/h7-10H,1-6H3,(H,16,17)(H,18,19);1,3H2,2H3;. The Morgan fingerprint density at radius 1 is 1.32 bits per heavy atom. The Labute approximate surface area is 161 Å². The van der Waals surface area contributed by atoms with Crippen molar-refractivity contribution in [1.29, 1.82) is 0 Å². The number of hydrogen-bond acceptors (Lipinski definition) is 3. The molecule has 0 heterocycles. The summed E-state index contributed by atoms with van der Waals surface area (Å²) in [5, 5.41) is 20.1. The van der Waals surface area contributed by atoms with Crippen LogP contribution in [-0.2, 0) is 14.0 Å². The molecule has 0 aromatic rings. The molecule has 7 heteroatoms. The third-order valence-electron chi connectivity index (χ3n) is 5.04. The monoisotopic (exact) mass is 362 g/mol. The van der Waals surface area contributed by atoms with Crippen LogP contribution in [0.15, 0.2) is 23.8 Å². The van der Waals surface area contributed by atoms with Gasteiger partial charge in [0.1, 0.15) is 0 Å². The molecule has 138 valence electrons. The number of carboxylic acids is 2. The summed E-state index contributed by atoms with van der Waals surface area (Å²) in [7, 11) is -2.39. The molecule has 0 aliphatic heterocycles. The Kier molecular flexibility index (Phi) is 8.93. The van der Waals surface area contributed by atoms with Gasteiger partial charge in [-0.05, 0) is 24.2 Å². The second kappa shape index (κ2) is 9.22. The molecule has 25 heavy (non-hydrogen) atoms. The molecule has 0 bridgehead atoms. The molecule has 0 spiro atoms. The van der Waals surface area contributed by atoms with E-state index < -0.39 is 31.8 Å². The van der Waals surface area contributed by atoms with Crippen molar-refractivity contribution in [2.45, 2.75) is 69.9 Å². The Balaban J connectivity index is 0.00000129. The maximum atomic E-state index is 11.9. The molecular formula is C18H31LiO5Si. The SMILES string of the molecule is CC1C(C(=O)O)=CC=CC1(O[Si](C)(C)C(C)(C)C)C(=O)O.[Li][CH2]CC. The summed E-state index contributed by atoms with van der Waals surface area (Å²) in [6.07, 6.45) is 5.68. The van der Waals surface area contributed by atoms with Gasteiger partial charge < -0.3 is 14.6 Å². The van der Waals surface area contributed by atoms with Gasteiger partial charge in [-0.2, -0.15) is 0 Å². The average molecular weight is 362 g/mol. The summed E-state index contributed by atoms with van der Waals surface area (Å²) in [5.74, 6) is -3.02. The van der Waals surface area contributed by atoms with Gasteiger partial charge in [0.2, 0.25) is 0 Å². The first kappa shape index (κ1) is 24.2. The van der Waals surface area contributed by atoms with Crippen molar-refractivity contribution in [3.05, 3.63) is 23.8 Å². The number of hydrogen-bond donors (Lipinski definition) is 2. The van der Waals surface area contributed by atoms with Crippen LogP contribution in [0.2, 0.25) is 23.2 Å². The van der Waals surface area contributed by atoms with E-state index in [1.807, 2.05) is 33.9 Å². The third-order valence-corrected chi connectivity index (χ3v) is 9.50. The van der Waals surface area contributed by atoms with E-state index in [2.05, 4.69) is 24.6 Å². The zero-order valence-electron chi connectivity index (χ0n) is 16.8. The van der Waals surface area contributed by atoms with Gasteiger partial charge >= 0.3 is 48.1 Å². The summed E-state index contributed by atoms with van der Waals surface area (Å²) in [6, 6.07) is 0. The molecule has 5 nitrogen and oxygen atoms in total. The van der Waals surface area contributed by atoms with Gasteiger partial charge in [0, 0.05) is 11.5 Å². The first-order chi connectivity index (χ1) is 11.3. The summed E-state index contributed by atoms with van der Waals surface area (Å²) in [5.41, 5.74) is -1.57. The van der Waals surface area contributed by atoms with Crippen LogP contribution in [0.4, 0.5) is 0 Å². The van der Waals surface area contributed by atoms with E-state index in [1.165, 1.54) is 29.7 Å². The molecule has 0 aromatic heterocycles. The quantitative estimate of drug-likeness (QED) is 0.721. The van der Waals surface area contributed by atoms with E-state index in [-0.39, 0.29) is 10.6 Å². The van der Waals surface area contributed by atoms with Crippen molar-refractivity contribution in [2.24, 2.45) is 5.92 Å². The average Bonchev–Trinajstić information content (AvgIpc) is 2.47. The minimum atomic E-state index is -2.39. The topological polar surface area (TPSA) is 83.8 Å². The van der Waals surface area contributed by atoms with Crippen LogP contribution in [0.3, 0.4) is 0 Å². The molecule has 2 atom stereocenters. The molecule has 0 saturated carbocycles. The van der Waals surface area contributed by atoms with E-state index in [4.69, 9.17) is 4.43 Å². The summed E-state index contributed by atoms with van der Waals surface area (Å²) in [4.78, 5) is 23.2. The van der Waals surface area contributed by atoms with Crippen LogP contribution in [0.25, 0.3) is 0 Å². The fourth-order valence-corrected chi connectivity index (χ4v) is 3.55. The maximum absolute atomic E-state index is 11.9. The molecule has 0 saturated heterocycles.